The molecule has 0 fully saturated rings. The van der Waals surface area contributed by atoms with Crippen LogP contribution < -0.4 is 10.1 Å². The highest BCUT2D eigenvalue weighted by Gasteiger charge is 2.22. The lowest BCUT2D eigenvalue weighted by Crippen LogP contribution is -2.32. The summed E-state index contributed by atoms with van der Waals surface area (Å²) in [6.45, 7) is 4.14. The summed E-state index contributed by atoms with van der Waals surface area (Å²) >= 11 is 1.41. The Labute approximate surface area is 197 Å². The molecule has 2 heterocycles. The van der Waals surface area contributed by atoms with Crippen molar-refractivity contribution in [2.45, 2.75) is 25.0 Å². The molecule has 33 heavy (non-hydrogen) atoms. The van der Waals surface area contributed by atoms with Gasteiger partial charge in [0.05, 0.1) is 18.6 Å². The van der Waals surface area contributed by atoms with Crippen molar-refractivity contribution in [1.29, 1.82) is 0 Å². The van der Waals surface area contributed by atoms with Crippen molar-refractivity contribution in [2.24, 2.45) is 7.05 Å². The van der Waals surface area contributed by atoms with E-state index in [-0.39, 0.29) is 11.7 Å². The number of methoxy groups -OCH3 is 1. The van der Waals surface area contributed by atoms with Crippen LogP contribution in [-0.4, -0.2) is 37.9 Å². The zero-order valence-electron chi connectivity index (χ0n) is 19.1. The molecule has 1 amide bonds. The topological polar surface area (TPSA) is 74.0 Å². The minimum atomic E-state index is -0.396. The van der Waals surface area contributed by atoms with Crippen LogP contribution in [0.3, 0.4) is 0 Å². The van der Waals surface area contributed by atoms with E-state index in [1.807, 2.05) is 52.8 Å². The van der Waals surface area contributed by atoms with E-state index in [1.165, 1.54) is 17.3 Å². The Morgan fingerprint density at radius 2 is 1.94 bits per heavy atom. The van der Waals surface area contributed by atoms with Crippen molar-refractivity contribution >= 4 is 17.7 Å². The van der Waals surface area contributed by atoms with Crippen LogP contribution in [0.25, 0.3) is 5.69 Å². The highest BCUT2D eigenvalue weighted by Crippen LogP contribution is 2.26. The summed E-state index contributed by atoms with van der Waals surface area (Å²) in [5.74, 6) is 1.60. The summed E-state index contributed by atoms with van der Waals surface area (Å²) in [4.78, 5) is 22.0. The SMILES string of the molecule is COc1cccc(C(NC(=O)CSc2nccn2-c2cc(C)ccc2C)c2nccn2C)c1. The second-order valence-corrected chi connectivity index (χ2v) is 8.77. The number of carbonyl (C=O) groups excluding carboxylic acids is 1. The average Bonchev–Trinajstić information content (AvgIpc) is 3.46. The third kappa shape index (κ3) is 5.12. The molecule has 7 nitrogen and oxygen atoms in total. The molecular weight excluding hydrogens is 434 g/mol. The fourth-order valence-electron chi connectivity index (χ4n) is 3.66. The summed E-state index contributed by atoms with van der Waals surface area (Å²) < 4.78 is 9.31. The van der Waals surface area contributed by atoms with E-state index >= 15 is 0 Å². The van der Waals surface area contributed by atoms with Gasteiger partial charge in [-0.1, -0.05) is 36.0 Å². The predicted octanol–water partition coefficient (Wildman–Crippen LogP) is 4.23. The number of aryl methyl sites for hydroxylation is 3. The molecule has 0 bridgehead atoms. The van der Waals surface area contributed by atoms with E-state index in [1.54, 1.807) is 19.5 Å². The zero-order valence-corrected chi connectivity index (χ0v) is 20.0. The summed E-state index contributed by atoms with van der Waals surface area (Å²) in [7, 11) is 3.54. The fourth-order valence-corrected chi connectivity index (χ4v) is 4.44. The summed E-state index contributed by atoms with van der Waals surface area (Å²) in [5, 5.41) is 3.91. The van der Waals surface area contributed by atoms with Gasteiger partial charge in [-0.3, -0.25) is 9.36 Å². The zero-order chi connectivity index (χ0) is 23.4. The lowest BCUT2D eigenvalue weighted by molar-refractivity contribution is -0.119. The average molecular weight is 462 g/mol. The molecule has 1 N–H and O–H groups in total. The smallest absolute Gasteiger partial charge is 0.231 e. The number of benzene rings is 2. The van der Waals surface area contributed by atoms with Gasteiger partial charge in [0, 0.05) is 31.8 Å². The van der Waals surface area contributed by atoms with Crippen LogP contribution in [0.15, 0.2) is 72.4 Å². The highest BCUT2D eigenvalue weighted by atomic mass is 32.2. The van der Waals surface area contributed by atoms with Crippen molar-refractivity contribution in [3.8, 4) is 11.4 Å². The molecular formula is C25H27N5O2S. The highest BCUT2D eigenvalue weighted by molar-refractivity contribution is 7.99. The van der Waals surface area contributed by atoms with E-state index in [0.29, 0.717) is 0 Å². The van der Waals surface area contributed by atoms with Crippen molar-refractivity contribution < 1.29 is 9.53 Å². The number of hydrogen-bond acceptors (Lipinski definition) is 5. The van der Waals surface area contributed by atoms with Gasteiger partial charge in [0.1, 0.15) is 17.6 Å². The first-order valence-corrected chi connectivity index (χ1v) is 11.6. The number of thioether (sulfide) groups is 1. The largest absolute Gasteiger partial charge is 0.497 e. The number of aromatic nitrogens is 4. The lowest BCUT2D eigenvalue weighted by atomic mass is 10.1. The minimum Gasteiger partial charge on any atom is -0.497 e. The predicted molar refractivity (Wildman–Crippen MR) is 130 cm³/mol. The van der Waals surface area contributed by atoms with Crippen LogP contribution >= 0.6 is 11.8 Å². The number of hydrogen-bond donors (Lipinski definition) is 1. The molecule has 0 radical (unpaired) electrons. The maximum atomic E-state index is 13.0. The molecule has 4 aromatic rings. The maximum Gasteiger partial charge on any atom is 0.231 e. The van der Waals surface area contributed by atoms with Gasteiger partial charge in [-0.25, -0.2) is 9.97 Å². The first-order valence-electron chi connectivity index (χ1n) is 10.6. The first-order chi connectivity index (χ1) is 16.0. The molecule has 0 aliphatic carbocycles. The standard InChI is InChI=1S/C25H27N5O2S/c1-17-8-9-18(2)21(14-17)30-13-11-27-25(30)33-16-22(31)28-23(24-26-10-12-29(24)3)19-6-5-7-20(15-19)32-4/h5-15,23H,16H2,1-4H3,(H,28,31). The molecule has 0 aliphatic heterocycles. The number of rotatable bonds is 8. The van der Waals surface area contributed by atoms with E-state index < -0.39 is 6.04 Å². The molecule has 1 atom stereocenters. The first kappa shape index (κ1) is 22.7. The number of nitrogens with one attached hydrogen (secondary N) is 1. The van der Waals surface area contributed by atoms with Gasteiger partial charge in [0.2, 0.25) is 5.91 Å². The third-order valence-electron chi connectivity index (χ3n) is 5.41. The molecule has 1 unspecified atom stereocenters. The number of ether oxygens (including phenoxy) is 1. The number of nitrogens with zero attached hydrogens (tertiary/aromatic N) is 4. The van der Waals surface area contributed by atoms with E-state index in [2.05, 4.69) is 47.3 Å². The second-order valence-electron chi connectivity index (χ2n) is 7.83. The van der Waals surface area contributed by atoms with Crippen LogP contribution in [0.1, 0.15) is 28.6 Å². The van der Waals surface area contributed by atoms with Gasteiger partial charge in [-0.2, -0.15) is 0 Å². The van der Waals surface area contributed by atoms with E-state index in [9.17, 15) is 4.79 Å². The van der Waals surface area contributed by atoms with Crippen LogP contribution in [0.4, 0.5) is 0 Å². The molecule has 0 aliphatic rings. The van der Waals surface area contributed by atoms with Crippen molar-refractivity contribution in [3.63, 3.8) is 0 Å². The molecule has 0 saturated heterocycles. The number of carbonyl (C=O) groups is 1. The Bertz CT molecular complexity index is 1260. The van der Waals surface area contributed by atoms with Crippen molar-refractivity contribution in [1.82, 2.24) is 24.4 Å². The van der Waals surface area contributed by atoms with E-state index in [4.69, 9.17) is 4.74 Å². The van der Waals surface area contributed by atoms with Crippen molar-refractivity contribution in [3.05, 3.63) is 89.8 Å². The molecule has 2 aromatic carbocycles. The van der Waals surface area contributed by atoms with Crippen LogP contribution in [0.2, 0.25) is 0 Å². The van der Waals surface area contributed by atoms with Crippen LogP contribution in [0.5, 0.6) is 5.75 Å². The molecule has 0 spiro atoms. The summed E-state index contributed by atoms with van der Waals surface area (Å²) in [6.07, 6.45) is 7.28. The van der Waals surface area contributed by atoms with Crippen LogP contribution in [0, 0.1) is 13.8 Å². The Hall–Kier alpha value is -3.52. The number of imidazole rings is 2. The third-order valence-corrected chi connectivity index (χ3v) is 6.38. The van der Waals surface area contributed by atoms with Gasteiger partial charge >= 0.3 is 0 Å². The normalized spacial score (nSPS) is 11.9. The van der Waals surface area contributed by atoms with Crippen LogP contribution in [-0.2, 0) is 11.8 Å². The quantitative estimate of drug-likeness (QED) is 0.398. The van der Waals surface area contributed by atoms with Gasteiger partial charge in [-0.05, 0) is 48.7 Å². The molecule has 8 heteroatoms. The summed E-state index contributed by atoms with van der Waals surface area (Å²) in [6, 6.07) is 13.6. The Kier molecular flexibility index (Phi) is 6.84. The number of amides is 1. The Balaban J connectivity index is 1.52. The molecule has 0 saturated carbocycles. The van der Waals surface area contributed by atoms with Gasteiger partial charge in [0.15, 0.2) is 5.16 Å². The second kappa shape index (κ2) is 9.95. The van der Waals surface area contributed by atoms with Gasteiger partial charge in [0.25, 0.3) is 0 Å². The summed E-state index contributed by atoms with van der Waals surface area (Å²) in [5.41, 5.74) is 4.29. The monoisotopic (exact) mass is 461 g/mol. The lowest BCUT2D eigenvalue weighted by Gasteiger charge is -2.20. The maximum absolute atomic E-state index is 13.0. The van der Waals surface area contributed by atoms with Gasteiger partial charge < -0.3 is 14.6 Å². The fraction of sp³-hybridized carbons (Fsp3) is 0.240. The Morgan fingerprint density at radius 3 is 2.70 bits per heavy atom. The van der Waals surface area contributed by atoms with Gasteiger partial charge in [-0.15, -0.1) is 0 Å². The molecule has 2 aromatic heterocycles. The van der Waals surface area contributed by atoms with E-state index in [0.717, 1.165) is 33.5 Å². The molecule has 170 valence electrons. The Morgan fingerprint density at radius 1 is 1.12 bits per heavy atom. The van der Waals surface area contributed by atoms with Crippen molar-refractivity contribution in [2.75, 3.05) is 12.9 Å². The minimum absolute atomic E-state index is 0.105. The molecule has 4 rings (SSSR count).